The van der Waals surface area contributed by atoms with E-state index in [2.05, 4.69) is 19.7 Å². The van der Waals surface area contributed by atoms with Crippen molar-refractivity contribution in [1.29, 1.82) is 0 Å². The smallest absolute Gasteiger partial charge is 0.422 e. The number of anilines is 1. The summed E-state index contributed by atoms with van der Waals surface area (Å²) in [5.41, 5.74) is -0.319. The van der Waals surface area contributed by atoms with Crippen molar-refractivity contribution in [2.75, 3.05) is 24.6 Å². The van der Waals surface area contributed by atoms with Gasteiger partial charge in [-0.25, -0.2) is 14.2 Å². The van der Waals surface area contributed by atoms with Crippen molar-refractivity contribution in [2.45, 2.75) is 31.1 Å². The van der Waals surface area contributed by atoms with Crippen LogP contribution in [0.2, 0.25) is 5.15 Å². The quantitative estimate of drug-likeness (QED) is 0.585. The van der Waals surface area contributed by atoms with E-state index in [4.69, 9.17) is 11.6 Å². The lowest BCUT2D eigenvalue weighted by Crippen LogP contribution is -2.55. The predicted octanol–water partition coefficient (Wildman–Crippen LogP) is 3.09. The zero-order valence-electron chi connectivity index (χ0n) is 14.7. The van der Waals surface area contributed by atoms with Gasteiger partial charge in [-0.3, -0.25) is 4.90 Å². The van der Waals surface area contributed by atoms with Crippen LogP contribution in [0, 0.1) is 5.82 Å². The highest BCUT2D eigenvalue weighted by atomic mass is 35.5. The molecule has 2 atom stereocenters. The molecule has 1 amide bonds. The molecule has 8 nitrogen and oxygen atoms in total. The molecule has 2 fully saturated rings. The first-order chi connectivity index (χ1) is 13.6. The average Bonchev–Trinajstić information content (AvgIpc) is 2.92. The van der Waals surface area contributed by atoms with E-state index in [0.717, 1.165) is 0 Å². The van der Waals surface area contributed by atoms with Gasteiger partial charge in [0, 0.05) is 19.3 Å². The number of carboxylic acid groups (broad SMARTS) is 1. The van der Waals surface area contributed by atoms with E-state index < -0.39 is 35.9 Å². The van der Waals surface area contributed by atoms with Crippen molar-refractivity contribution in [2.24, 2.45) is 0 Å². The van der Waals surface area contributed by atoms with Gasteiger partial charge in [0.1, 0.15) is 11.3 Å². The highest BCUT2D eigenvalue weighted by Crippen LogP contribution is 2.36. The largest absolute Gasteiger partial charge is 0.465 e. The summed E-state index contributed by atoms with van der Waals surface area (Å²) in [6, 6.07) is -1.26. The predicted molar refractivity (Wildman–Crippen MR) is 92.7 cm³/mol. The number of piperazine rings is 1. The maximum atomic E-state index is 14.5. The minimum Gasteiger partial charge on any atom is -0.465 e. The summed E-state index contributed by atoms with van der Waals surface area (Å²) in [6.45, 7) is -1.15. The third kappa shape index (κ3) is 3.68. The Morgan fingerprint density at radius 3 is 2.52 bits per heavy atom. The van der Waals surface area contributed by atoms with Crippen LogP contribution in [-0.4, -0.2) is 69.0 Å². The van der Waals surface area contributed by atoms with Crippen LogP contribution in [0.1, 0.15) is 12.8 Å². The Morgan fingerprint density at radius 2 is 1.93 bits per heavy atom. The third-order valence-electron chi connectivity index (χ3n) is 4.97. The van der Waals surface area contributed by atoms with E-state index in [-0.39, 0.29) is 41.9 Å². The number of rotatable bonds is 3. The molecule has 4 rings (SSSR count). The summed E-state index contributed by atoms with van der Waals surface area (Å²) in [7, 11) is 0. The molecule has 29 heavy (non-hydrogen) atoms. The van der Waals surface area contributed by atoms with E-state index in [1.54, 1.807) is 4.90 Å². The Labute approximate surface area is 166 Å². The summed E-state index contributed by atoms with van der Waals surface area (Å²) in [5.74, 6) is -0.881. The number of pyridine rings is 1. The van der Waals surface area contributed by atoms with Crippen molar-refractivity contribution in [1.82, 2.24) is 19.9 Å². The van der Waals surface area contributed by atoms with Gasteiger partial charge in [0.25, 0.3) is 0 Å². The minimum absolute atomic E-state index is 0.122. The fourth-order valence-electron chi connectivity index (χ4n) is 3.84. The Morgan fingerprint density at radius 1 is 1.28 bits per heavy atom. The molecule has 2 aliphatic rings. The first-order valence-electron chi connectivity index (χ1n) is 8.61. The van der Waals surface area contributed by atoms with Crippen LogP contribution in [0.3, 0.4) is 0 Å². The first kappa shape index (κ1) is 19.7. The molecular formula is C16H14ClF4N5O3. The first-order valence-corrected chi connectivity index (χ1v) is 8.99. The zero-order chi connectivity index (χ0) is 20.9. The third-order valence-corrected chi connectivity index (χ3v) is 5.23. The molecule has 4 heterocycles. The fourth-order valence-corrected chi connectivity index (χ4v) is 3.98. The second-order valence-corrected chi connectivity index (χ2v) is 7.20. The molecule has 13 heteroatoms. The Hall–Kier alpha value is -2.63. The van der Waals surface area contributed by atoms with Crippen LogP contribution in [0.4, 0.5) is 28.2 Å². The topological polar surface area (TPSA) is 91.7 Å². The van der Waals surface area contributed by atoms with Gasteiger partial charge in [-0.05, 0) is 12.8 Å². The number of nitrogens with zero attached hydrogens (tertiary/aromatic N) is 5. The van der Waals surface area contributed by atoms with Crippen molar-refractivity contribution < 1.29 is 32.2 Å². The second-order valence-electron chi connectivity index (χ2n) is 6.84. The molecule has 0 aromatic carbocycles. The zero-order valence-corrected chi connectivity index (χ0v) is 15.4. The van der Waals surface area contributed by atoms with Crippen LogP contribution in [0.25, 0.3) is 10.9 Å². The Balaban J connectivity index is 1.75. The summed E-state index contributed by atoms with van der Waals surface area (Å²) in [5, 5.41) is 9.05. The SMILES string of the molecule is O=C(O)N1[C@@H]2CC[C@H]1CN(c1nc(OCC(F)(F)F)nc3c(F)c(Cl)ncc13)C2. The highest BCUT2D eigenvalue weighted by molar-refractivity contribution is 6.30. The molecule has 0 radical (unpaired) electrons. The number of fused-ring (bicyclic) bond motifs is 3. The molecule has 2 saturated heterocycles. The van der Waals surface area contributed by atoms with Crippen molar-refractivity contribution in [3.05, 3.63) is 17.2 Å². The van der Waals surface area contributed by atoms with Crippen LogP contribution >= 0.6 is 11.6 Å². The fraction of sp³-hybridized carbons (Fsp3) is 0.500. The molecule has 156 valence electrons. The molecule has 0 unspecified atom stereocenters. The van der Waals surface area contributed by atoms with E-state index in [9.17, 15) is 27.5 Å². The highest BCUT2D eigenvalue weighted by Gasteiger charge is 2.43. The number of hydrogen-bond donors (Lipinski definition) is 1. The van der Waals surface area contributed by atoms with Crippen molar-refractivity contribution >= 4 is 34.4 Å². The molecule has 2 bridgehead atoms. The normalized spacial score (nSPS) is 21.7. The van der Waals surface area contributed by atoms with E-state index in [1.165, 1.54) is 11.1 Å². The number of alkyl halides is 3. The maximum absolute atomic E-state index is 14.5. The number of amides is 1. The molecule has 0 aliphatic carbocycles. The van der Waals surface area contributed by atoms with Crippen molar-refractivity contribution in [3.63, 3.8) is 0 Å². The Bertz CT molecular complexity index is 962. The lowest BCUT2D eigenvalue weighted by molar-refractivity contribution is -0.154. The van der Waals surface area contributed by atoms with Gasteiger partial charge in [0.2, 0.25) is 0 Å². The monoisotopic (exact) mass is 435 g/mol. The van der Waals surface area contributed by atoms with E-state index in [0.29, 0.717) is 12.8 Å². The van der Waals surface area contributed by atoms with Gasteiger partial charge >= 0.3 is 18.3 Å². The number of aromatic nitrogens is 3. The van der Waals surface area contributed by atoms with Gasteiger partial charge in [-0.2, -0.15) is 23.1 Å². The lowest BCUT2D eigenvalue weighted by Gasteiger charge is -2.40. The molecule has 1 N–H and O–H groups in total. The number of hydrogen-bond acceptors (Lipinski definition) is 6. The lowest BCUT2D eigenvalue weighted by atomic mass is 10.2. The van der Waals surface area contributed by atoms with Gasteiger partial charge in [0.05, 0.1) is 17.5 Å². The summed E-state index contributed by atoms with van der Waals surface area (Å²) < 4.78 is 56.7. The van der Waals surface area contributed by atoms with E-state index in [1.807, 2.05) is 0 Å². The Kier molecular flexibility index (Phi) is 4.75. The number of ether oxygens (including phenoxy) is 1. The second kappa shape index (κ2) is 7.01. The van der Waals surface area contributed by atoms with Gasteiger partial charge in [-0.1, -0.05) is 11.6 Å². The summed E-state index contributed by atoms with van der Waals surface area (Å²) in [6.07, 6.45) is -3.13. The van der Waals surface area contributed by atoms with Crippen LogP contribution in [-0.2, 0) is 0 Å². The molecule has 0 saturated carbocycles. The molecule has 2 aliphatic heterocycles. The van der Waals surface area contributed by atoms with Crippen molar-refractivity contribution in [3.8, 4) is 6.01 Å². The van der Waals surface area contributed by atoms with Crippen LogP contribution in [0.15, 0.2) is 6.20 Å². The number of halogens is 5. The minimum atomic E-state index is -4.63. The molecule has 2 aromatic heterocycles. The average molecular weight is 436 g/mol. The summed E-state index contributed by atoms with van der Waals surface area (Å²) in [4.78, 5) is 26.0. The summed E-state index contributed by atoms with van der Waals surface area (Å²) >= 11 is 5.69. The standard InChI is InChI=1S/C16H14ClF4N5O3/c17-12-10(18)11-9(3-22-12)13(24-14(23-11)29-6-16(19,20)21)25-4-7-1-2-8(5-25)26(7)15(27)28/h3,7-8H,1-2,4-6H2,(H,27,28)/t7-,8+. The van der Waals surface area contributed by atoms with Gasteiger partial charge < -0.3 is 14.7 Å². The molecule has 0 spiro atoms. The maximum Gasteiger partial charge on any atom is 0.422 e. The van der Waals surface area contributed by atoms with Crippen LogP contribution < -0.4 is 9.64 Å². The molecular weight excluding hydrogens is 422 g/mol. The van der Waals surface area contributed by atoms with E-state index >= 15 is 0 Å². The van der Waals surface area contributed by atoms with Crippen LogP contribution in [0.5, 0.6) is 6.01 Å². The molecule has 2 aromatic rings. The van der Waals surface area contributed by atoms with Gasteiger partial charge in [0.15, 0.2) is 17.6 Å². The van der Waals surface area contributed by atoms with Gasteiger partial charge in [-0.15, -0.1) is 0 Å². The number of carbonyl (C=O) groups is 1.